The van der Waals surface area contributed by atoms with Gasteiger partial charge in [0, 0.05) is 0 Å². The molecule has 0 aromatic heterocycles. The standard InChI is InChI=1S/C16H13Cl2F3O3S/c17-14-6-5-13(10-15(14)18)25(22,23)8-2-7-24-12-4-1-3-11(9-12)16(19,20)21/h1,3-6,9-10H,2,7-8H2. The van der Waals surface area contributed by atoms with Crippen LogP contribution in [0.15, 0.2) is 47.4 Å². The van der Waals surface area contributed by atoms with E-state index in [0.717, 1.165) is 12.1 Å². The Morgan fingerprint density at radius 2 is 1.72 bits per heavy atom. The molecule has 136 valence electrons. The summed E-state index contributed by atoms with van der Waals surface area (Å²) in [5.41, 5.74) is -0.826. The molecule has 0 fully saturated rings. The molecule has 0 aliphatic carbocycles. The maximum Gasteiger partial charge on any atom is 0.416 e. The minimum Gasteiger partial charge on any atom is -0.494 e. The third kappa shape index (κ3) is 5.52. The van der Waals surface area contributed by atoms with Crippen LogP contribution in [0.5, 0.6) is 5.75 Å². The highest BCUT2D eigenvalue weighted by molar-refractivity contribution is 7.91. The second-order valence-corrected chi connectivity index (χ2v) is 8.05. The van der Waals surface area contributed by atoms with E-state index < -0.39 is 21.6 Å². The van der Waals surface area contributed by atoms with Gasteiger partial charge in [0.2, 0.25) is 0 Å². The summed E-state index contributed by atoms with van der Waals surface area (Å²) in [6, 6.07) is 8.39. The summed E-state index contributed by atoms with van der Waals surface area (Å²) < 4.78 is 67.4. The van der Waals surface area contributed by atoms with Gasteiger partial charge in [-0.15, -0.1) is 0 Å². The summed E-state index contributed by atoms with van der Waals surface area (Å²) in [5.74, 6) is -0.203. The van der Waals surface area contributed by atoms with E-state index in [1.165, 1.54) is 30.3 Å². The summed E-state index contributed by atoms with van der Waals surface area (Å²) >= 11 is 11.5. The van der Waals surface area contributed by atoms with Crippen LogP contribution in [-0.2, 0) is 16.0 Å². The van der Waals surface area contributed by atoms with Crippen molar-refractivity contribution >= 4 is 33.0 Å². The van der Waals surface area contributed by atoms with Crippen molar-refractivity contribution in [3.05, 3.63) is 58.1 Å². The lowest BCUT2D eigenvalue weighted by atomic mass is 10.2. The van der Waals surface area contributed by atoms with Crippen LogP contribution in [0.4, 0.5) is 13.2 Å². The van der Waals surface area contributed by atoms with E-state index in [9.17, 15) is 21.6 Å². The lowest BCUT2D eigenvalue weighted by Crippen LogP contribution is -2.11. The Morgan fingerprint density at radius 3 is 2.36 bits per heavy atom. The number of hydrogen-bond acceptors (Lipinski definition) is 3. The second-order valence-electron chi connectivity index (χ2n) is 5.12. The van der Waals surface area contributed by atoms with Crippen molar-refractivity contribution in [1.29, 1.82) is 0 Å². The van der Waals surface area contributed by atoms with Crippen molar-refractivity contribution in [2.45, 2.75) is 17.5 Å². The lowest BCUT2D eigenvalue weighted by molar-refractivity contribution is -0.137. The fourth-order valence-electron chi connectivity index (χ4n) is 1.99. The summed E-state index contributed by atoms with van der Waals surface area (Å²) in [7, 11) is -3.59. The van der Waals surface area contributed by atoms with Crippen molar-refractivity contribution in [2.24, 2.45) is 0 Å². The van der Waals surface area contributed by atoms with E-state index in [1.807, 2.05) is 0 Å². The average Bonchev–Trinajstić information content (AvgIpc) is 2.53. The van der Waals surface area contributed by atoms with Crippen molar-refractivity contribution < 1.29 is 26.3 Å². The highest BCUT2D eigenvalue weighted by Crippen LogP contribution is 2.31. The molecule has 0 heterocycles. The molecule has 9 heteroatoms. The zero-order valence-electron chi connectivity index (χ0n) is 12.7. The minimum atomic E-state index is -4.46. The number of benzene rings is 2. The molecule has 2 rings (SSSR count). The molecule has 2 aromatic carbocycles. The van der Waals surface area contributed by atoms with Gasteiger partial charge in [0.05, 0.1) is 32.9 Å². The smallest absolute Gasteiger partial charge is 0.416 e. The van der Waals surface area contributed by atoms with Gasteiger partial charge in [0.25, 0.3) is 0 Å². The minimum absolute atomic E-state index is 0.0287. The molecule has 0 bridgehead atoms. The Labute approximate surface area is 153 Å². The molecule has 0 aliphatic heterocycles. The van der Waals surface area contributed by atoms with Crippen molar-refractivity contribution in [3.8, 4) is 5.75 Å². The van der Waals surface area contributed by atoms with Gasteiger partial charge in [-0.1, -0.05) is 29.3 Å². The van der Waals surface area contributed by atoms with Gasteiger partial charge in [-0.05, 0) is 42.8 Å². The molecule has 0 spiro atoms. The van der Waals surface area contributed by atoms with Gasteiger partial charge in [0.1, 0.15) is 5.75 Å². The van der Waals surface area contributed by atoms with E-state index in [1.54, 1.807) is 0 Å². The molecule has 0 unspecified atom stereocenters. The average molecular weight is 413 g/mol. The van der Waals surface area contributed by atoms with Crippen LogP contribution in [0.1, 0.15) is 12.0 Å². The summed E-state index contributed by atoms with van der Waals surface area (Å²) in [6.45, 7) is -0.0398. The Morgan fingerprint density at radius 1 is 1.00 bits per heavy atom. The van der Waals surface area contributed by atoms with Crippen molar-refractivity contribution in [2.75, 3.05) is 12.4 Å². The van der Waals surface area contributed by atoms with E-state index in [0.29, 0.717) is 0 Å². The van der Waals surface area contributed by atoms with Crippen LogP contribution < -0.4 is 4.74 Å². The van der Waals surface area contributed by atoms with Gasteiger partial charge < -0.3 is 4.74 Å². The van der Waals surface area contributed by atoms with Gasteiger partial charge in [-0.25, -0.2) is 8.42 Å². The highest BCUT2D eigenvalue weighted by Gasteiger charge is 2.30. The first kappa shape index (κ1) is 19.9. The topological polar surface area (TPSA) is 43.4 Å². The summed E-state index contributed by atoms with van der Waals surface area (Å²) in [5, 5.41) is 0.372. The summed E-state index contributed by atoms with van der Waals surface area (Å²) in [4.78, 5) is 0.0287. The highest BCUT2D eigenvalue weighted by atomic mass is 35.5. The normalized spacial score (nSPS) is 12.2. The van der Waals surface area contributed by atoms with Crippen LogP contribution in [0, 0.1) is 0 Å². The Balaban J connectivity index is 1.93. The predicted octanol–water partition coefficient (Wildman–Crippen LogP) is 5.26. The molecule has 25 heavy (non-hydrogen) atoms. The first-order valence-corrected chi connectivity index (χ1v) is 9.48. The van der Waals surface area contributed by atoms with E-state index >= 15 is 0 Å². The van der Waals surface area contributed by atoms with Crippen LogP contribution in [-0.4, -0.2) is 20.8 Å². The zero-order chi connectivity index (χ0) is 18.7. The SMILES string of the molecule is O=S(=O)(CCCOc1cccc(C(F)(F)F)c1)c1ccc(Cl)c(Cl)c1. The van der Waals surface area contributed by atoms with Crippen LogP contribution in [0.25, 0.3) is 0 Å². The first-order chi connectivity index (χ1) is 11.6. The maximum atomic E-state index is 12.6. The third-order valence-corrected chi connectivity index (χ3v) is 5.78. The molecule has 0 amide bonds. The van der Waals surface area contributed by atoms with Crippen molar-refractivity contribution in [1.82, 2.24) is 0 Å². The monoisotopic (exact) mass is 412 g/mol. The number of ether oxygens (including phenoxy) is 1. The Kier molecular flexibility index (Phi) is 6.24. The molecule has 0 saturated heterocycles. The molecular formula is C16H13Cl2F3O3S. The number of halogens is 5. The maximum absolute atomic E-state index is 12.6. The van der Waals surface area contributed by atoms with E-state index in [2.05, 4.69) is 0 Å². The predicted molar refractivity (Wildman–Crippen MR) is 90.1 cm³/mol. The molecular weight excluding hydrogens is 400 g/mol. The van der Waals surface area contributed by atoms with Gasteiger partial charge in [-0.2, -0.15) is 13.2 Å². The summed E-state index contributed by atoms with van der Waals surface area (Å²) in [6.07, 6.45) is -4.35. The van der Waals surface area contributed by atoms with Crippen molar-refractivity contribution in [3.63, 3.8) is 0 Å². The fourth-order valence-corrected chi connectivity index (χ4v) is 3.66. The Hall–Kier alpha value is -1.44. The molecule has 0 N–H and O–H groups in total. The van der Waals surface area contributed by atoms with Gasteiger partial charge in [0.15, 0.2) is 9.84 Å². The van der Waals surface area contributed by atoms with Crippen LogP contribution in [0.3, 0.4) is 0 Å². The van der Waals surface area contributed by atoms with E-state index in [-0.39, 0.29) is 39.5 Å². The molecule has 2 aromatic rings. The largest absolute Gasteiger partial charge is 0.494 e. The number of alkyl halides is 3. The molecule has 0 saturated carbocycles. The molecule has 0 radical (unpaired) electrons. The third-order valence-electron chi connectivity index (χ3n) is 3.24. The Bertz CT molecular complexity index is 852. The van der Waals surface area contributed by atoms with Crippen LogP contribution in [0.2, 0.25) is 10.0 Å². The zero-order valence-corrected chi connectivity index (χ0v) is 15.0. The van der Waals surface area contributed by atoms with Crippen LogP contribution >= 0.6 is 23.2 Å². The molecule has 3 nitrogen and oxygen atoms in total. The van der Waals surface area contributed by atoms with Gasteiger partial charge >= 0.3 is 6.18 Å². The second kappa shape index (κ2) is 7.85. The first-order valence-electron chi connectivity index (χ1n) is 7.07. The van der Waals surface area contributed by atoms with E-state index in [4.69, 9.17) is 27.9 Å². The number of sulfone groups is 1. The lowest BCUT2D eigenvalue weighted by Gasteiger charge is -2.10. The van der Waals surface area contributed by atoms with Gasteiger partial charge in [-0.3, -0.25) is 0 Å². The molecule has 0 atom stereocenters. The fraction of sp³-hybridized carbons (Fsp3) is 0.250. The number of hydrogen-bond donors (Lipinski definition) is 0. The molecule has 0 aliphatic rings. The number of rotatable bonds is 6. The quantitative estimate of drug-likeness (QED) is 0.608.